The van der Waals surface area contributed by atoms with Crippen LogP contribution in [0, 0.1) is 0 Å². The van der Waals surface area contributed by atoms with Gasteiger partial charge in [-0.25, -0.2) is 4.79 Å². The molecule has 56 valence electrons. The molecule has 2 unspecified atom stereocenters. The molecule has 2 heterocycles. The Labute approximate surface area is 58.5 Å². The Kier molecular flexibility index (Phi) is 1.25. The van der Waals surface area contributed by atoms with Crippen LogP contribution in [0.25, 0.3) is 0 Å². The average Bonchev–Trinajstić information content (AvgIpc) is 2.27. The number of hydrogen-bond acceptors (Lipinski definition) is 3. The van der Waals surface area contributed by atoms with E-state index in [0.29, 0.717) is 0 Å². The summed E-state index contributed by atoms with van der Waals surface area (Å²) < 4.78 is 0. The molecule has 0 bridgehead atoms. The van der Waals surface area contributed by atoms with Crippen LogP contribution in [0.2, 0.25) is 0 Å². The van der Waals surface area contributed by atoms with E-state index < -0.39 is 0 Å². The molecule has 10 heavy (non-hydrogen) atoms. The van der Waals surface area contributed by atoms with Crippen LogP contribution in [0.5, 0.6) is 0 Å². The van der Waals surface area contributed by atoms with Gasteiger partial charge in [0.05, 0.1) is 0 Å². The van der Waals surface area contributed by atoms with E-state index in [1.165, 1.54) is 0 Å². The summed E-state index contributed by atoms with van der Waals surface area (Å²) in [5.41, 5.74) is 0. The van der Waals surface area contributed by atoms with Gasteiger partial charge in [-0.05, 0) is 0 Å². The molecule has 5 nitrogen and oxygen atoms in total. The Balaban J connectivity index is 2.04. The Morgan fingerprint density at radius 1 is 1.10 bits per heavy atom. The van der Waals surface area contributed by atoms with Crippen molar-refractivity contribution in [3.8, 4) is 0 Å². The molecule has 2 atom stereocenters. The lowest BCUT2D eigenvalue weighted by atomic mass is 10.3. The number of urea groups is 1. The zero-order valence-corrected chi connectivity index (χ0v) is 5.48. The summed E-state index contributed by atoms with van der Waals surface area (Å²) >= 11 is 0. The highest BCUT2D eigenvalue weighted by atomic mass is 16.2. The highest BCUT2D eigenvalue weighted by Gasteiger charge is 2.32. The fourth-order valence-electron chi connectivity index (χ4n) is 1.28. The molecule has 5 heteroatoms. The average molecular weight is 142 g/mol. The molecular weight excluding hydrogens is 132 g/mol. The van der Waals surface area contributed by atoms with Gasteiger partial charge in [-0.1, -0.05) is 0 Å². The fourth-order valence-corrected chi connectivity index (χ4v) is 1.28. The summed E-state index contributed by atoms with van der Waals surface area (Å²) in [7, 11) is 0. The summed E-state index contributed by atoms with van der Waals surface area (Å²) in [6.07, 6.45) is 0.141. The molecule has 2 fully saturated rings. The molecule has 0 aromatic rings. The maximum absolute atomic E-state index is 10.7. The SMILES string of the molecule is O=C1NC2NCCNC2N1. The first kappa shape index (κ1) is 5.94. The van der Waals surface area contributed by atoms with E-state index in [9.17, 15) is 4.79 Å². The van der Waals surface area contributed by atoms with Gasteiger partial charge >= 0.3 is 6.03 Å². The Hall–Kier alpha value is -0.810. The van der Waals surface area contributed by atoms with Crippen molar-refractivity contribution in [1.29, 1.82) is 0 Å². The smallest absolute Gasteiger partial charge is 0.317 e. The third-order valence-electron chi connectivity index (χ3n) is 1.76. The minimum absolute atomic E-state index is 0.0706. The first-order valence-corrected chi connectivity index (χ1v) is 3.40. The maximum Gasteiger partial charge on any atom is 0.317 e. The van der Waals surface area contributed by atoms with Crippen LogP contribution in [-0.2, 0) is 0 Å². The van der Waals surface area contributed by atoms with Crippen LogP contribution in [0.1, 0.15) is 0 Å². The number of piperazine rings is 1. The number of fused-ring (bicyclic) bond motifs is 1. The topological polar surface area (TPSA) is 65.2 Å². The predicted molar refractivity (Wildman–Crippen MR) is 35.2 cm³/mol. The van der Waals surface area contributed by atoms with Gasteiger partial charge in [0, 0.05) is 13.1 Å². The zero-order chi connectivity index (χ0) is 6.97. The van der Waals surface area contributed by atoms with Gasteiger partial charge < -0.3 is 10.6 Å². The number of rotatable bonds is 0. The van der Waals surface area contributed by atoms with E-state index >= 15 is 0 Å². The van der Waals surface area contributed by atoms with Crippen molar-refractivity contribution in [2.45, 2.75) is 12.3 Å². The van der Waals surface area contributed by atoms with Crippen LogP contribution >= 0.6 is 0 Å². The van der Waals surface area contributed by atoms with Crippen molar-refractivity contribution in [3.63, 3.8) is 0 Å². The van der Waals surface area contributed by atoms with Gasteiger partial charge in [-0.15, -0.1) is 0 Å². The van der Waals surface area contributed by atoms with Crippen LogP contribution in [-0.4, -0.2) is 31.5 Å². The van der Waals surface area contributed by atoms with Crippen molar-refractivity contribution >= 4 is 6.03 Å². The number of amides is 2. The lowest BCUT2D eigenvalue weighted by Gasteiger charge is -2.25. The van der Waals surface area contributed by atoms with E-state index in [0.717, 1.165) is 13.1 Å². The van der Waals surface area contributed by atoms with E-state index in [4.69, 9.17) is 0 Å². The van der Waals surface area contributed by atoms with Crippen molar-refractivity contribution in [3.05, 3.63) is 0 Å². The second-order valence-electron chi connectivity index (χ2n) is 2.48. The molecule has 0 aromatic carbocycles. The van der Waals surface area contributed by atoms with Gasteiger partial charge in [-0.3, -0.25) is 10.6 Å². The number of nitrogens with one attached hydrogen (secondary N) is 4. The lowest BCUT2D eigenvalue weighted by molar-refractivity contribution is 0.246. The molecule has 0 saturated carbocycles. The highest BCUT2D eigenvalue weighted by Crippen LogP contribution is 1.97. The molecule has 2 saturated heterocycles. The van der Waals surface area contributed by atoms with E-state index in [1.54, 1.807) is 0 Å². The minimum Gasteiger partial charge on any atom is -0.319 e. The Morgan fingerprint density at radius 3 is 2.10 bits per heavy atom. The summed E-state index contributed by atoms with van der Waals surface area (Å²) in [6.45, 7) is 1.81. The summed E-state index contributed by atoms with van der Waals surface area (Å²) in [4.78, 5) is 10.7. The van der Waals surface area contributed by atoms with Crippen molar-refractivity contribution in [1.82, 2.24) is 21.3 Å². The monoisotopic (exact) mass is 142 g/mol. The summed E-state index contributed by atoms with van der Waals surface area (Å²) in [6, 6.07) is -0.100. The van der Waals surface area contributed by atoms with Crippen LogP contribution in [0.4, 0.5) is 4.79 Å². The Bertz CT molecular complexity index is 144. The van der Waals surface area contributed by atoms with Gasteiger partial charge in [0.1, 0.15) is 12.3 Å². The van der Waals surface area contributed by atoms with Crippen LogP contribution in [0.15, 0.2) is 0 Å². The van der Waals surface area contributed by atoms with E-state index in [1.807, 2.05) is 0 Å². The van der Waals surface area contributed by atoms with Crippen molar-refractivity contribution in [2.75, 3.05) is 13.1 Å². The predicted octanol–water partition coefficient (Wildman–Crippen LogP) is -1.86. The number of hydrogen-bond donors (Lipinski definition) is 4. The standard InChI is InChI=1S/C5H10N4O/c10-5-8-3-4(9-5)7-2-1-6-3/h3-4,6-7H,1-2H2,(H2,8,9,10). The summed E-state index contributed by atoms with van der Waals surface area (Å²) in [5.74, 6) is 0. The molecule has 0 radical (unpaired) electrons. The fraction of sp³-hybridized carbons (Fsp3) is 0.800. The third kappa shape index (κ3) is 0.833. The molecule has 4 N–H and O–H groups in total. The highest BCUT2D eigenvalue weighted by molar-refractivity contribution is 5.77. The number of carbonyl (C=O) groups is 1. The lowest BCUT2D eigenvalue weighted by Crippen LogP contribution is -2.59. The van der Waals surface area contributed by atoms with E-state index in [-0.39, 0.29) is 18.4 Å². The van der Waals surface area contributed by atoms with Crippen molar-refractivity contribution in [2.24, 2.45) is 0 Å². The molecule has 0 spiro atoms. The number of carbonyl (C=O) groups excluding carboxylic acids is 1. The first-order valence-electron chi connectivity index (χ1n) is 3.40. The third-order valence-corrected chi connectivity index (χ3v) is 1.76. The molecule has 2 aliphatic heterocycles. The van der Waals surface area contributed by atoms with E-state index in [2.05, 4.69) is 21.3 Å². The molecule has 0 aromatic heterocycles. The molecule has 2 aliphatic rings. The van der Waals surface area contributed by atoms with Crippen LogP contribution < -0.4 is 21.3 Å². The summed E-state index contributed by atoms with van der Waals surface area (Å²) in [5, 5.41) is 11.8. The second-order valence-corrected chi connectivity index (χ2v) is 2.48. The normalized spacial score (nSPS) is 38.2. The maximum atomic E-state index is 10.7. The minimum atomic E-state index is -0.100. The van der Waals surface area contributed by atoms with Gasteiger partial charge in [0.2, 0.25) is 0 Å². The quantitative estimate of drug-likeness (QED) is 0.321. The van der Waals surface area contributed by atoms with Gasteiger partial charge in [-0.2, -0.15) is 0 Å². The molecule has 0 aliphatic carbocycles. The van der Waals surface area contributed by atoms with Gasteiger partial charge in [0.15, 0.2) is 0 Å². The van der Waals surface area contributed by atoms with Crippen LogP contribution in [0.3, 0.4) is 0 Å². The largest absolute Gasteiger partial charge is 0.319 e. The second kappa shape index (κ2) is 2.10. The zero-order valence-electron chi connectivity index (χ0n) is 5.48. The molecule has 2 amide bonds. The molecular formula is C5H10N4O. The first-order chi connectivity index (χ1) is 4.86. The Morgan fingerprint density at radius 2 is 1.60 bits per heavy atom. The van der Waals surface area contributed by atoms with Gasteiger partial charge in [0.25, 0.3) is 0 Å². The van der Waals surface area contributed by atoms with Crippen molar-refractivity contribution < 1.29 is 4.79 Å². The molecule has 2 rings (SSSR count).